The largest absolute Gasteiger partial charge is 0.350 e. The van der Waals surface area contributed by atoms with Crippen molar-refractivity contribution in [2.45, 2.75) is 32.4 Å². The molecule has 0 spiro atoms. The molecule has 0 bridgehead atoms. The molecule has 0 aromatic carbocycles. The van der Waals surface area contributed by atoms with Crippen LogP contribution in [0.15, 0.2) is 18.3 Å². The van der Waals surface area contributed by atoms with E-state index in [2.05, 4.69) is 22.5 Å². The molecular weight excluding hydrogens is 285 g/mol. The summed E-state index contributed by atoms with van der Waals surface area (Å²) in [6.45, 7) is 3.49. The van der Waals surface area contributed by atoms with Crippen LogP contribution in [0.3, 0.4) is 0 Å². The first kappa shape index (κ1) is 16.2. The second-order valence-electron chi connectivity index (χ2n) is 4.76. The first-order valence-electron chi connectivity index (χ1n) is 6.26. The van der Waals surface area contributed by atoms with Gasteiger partial charge in [-0.3, -0.25) is 9.78 Å². The summed E-state index contributed by atoms with van der Waals surface area (Å²) < 4.78 is 0. The van der Waals surface area contributed by atoms with Gasteiger partial charge in [0.25, 0.3) is 0 Å². The average molecular weight is 304 g/mol. The van der Waals surface area contributed by atoms with Crippen molar-refractivity contribution < 1.29 is 4.79 Å². The molecule has 1 aliphatic heterocycles. The van der Waals surface area contributed by atoms with Gasteiger partial charge in [0, 0.05) is 18.2 Å². The summed E-state index contributed by atoms with van der Waals surface area (Å²) in [5.74, 6) is 0.244. The van der Waals surface area contributed by atoms with Crippen LogP contribution in [-0.4, -0.2) is 23.5 Å². The van der Waals surface area contributed by atoms with E-state index in [1.165, 1.54) is 0 Å². The topological polar surface area (TPSA) is 54.0 Å². The van der Waals surface area contributed by atoms with Crippen LogP contribution in [0.4, 0.5) is 0 Å². The lowest BCUT2D eigenvalue weighted by atomic mass is 9.92. The van der Waals surface area contributed by atoms with E-state index in [4.69, 9.17) is 11.6 Å². The minimum Gasteiger partial charge on any atom is -0.350 e. The zero-order valence-corrected chi connectivity index (χ0v) is 12.4. The van der Waals surface area contributed by atoms with Gasteiger partial charge in [-0.1, -0.05) is 11.6 Å². The lowest BCUT2D eigenvalue weighted by molar-refractivity contribution is -0.126. The van der Waals surface area contributed by atoms with E-state index in [1.807, 2.05) is 6.07 Å². The molecule has 1 fully saturated rings. The van der Waals surface area contributed by atoms with Crippen molar-refractivity contribution in [3.63, 3.8) is 0 Å². The number of nitrogens with one attached hydrogen (secondary N) is 2. The summed E-state index contributed by atoms with van der Waals surface area (Å²) in [7, 11) is 0. The lowest BCUT2D eigenvalue weighted by Crippen LogP contribution is -2.42. The van der Waals surface area contributed by atoms with Gasteiger partial charge in [0.1, 0.15) is 0 Å². The van der Waals surface area contributed by atoms with Crippen LogP contribution in [0.1, 0.15) is 25.5 Å². The number of halogens is 2. The Kier molecular flexibility index (Phi) is 6.55. The molecule has 1 aliphatic rings. The van der Waals surface area contributed by atoms with E-state index in [1.54, 1.807) is 12.3 Å². The number of piperidine rings is 1. The van der Waals surface area contributed by atoms with Crippen molar-refractivity contribution in [1.29, 1.82) is 0 Å². The number of nitrogens with zero attached hydrogens (tertiary/aromatic N) is 1. The molecule has 0 saturated carbocycles. The quantitative estimate of drug-likeness (QED) is 0.900. The Morgan fingerprint density at radius 2 is 2.37 bits per heavy atom. The Bertz CT molecular complexity index is 411. The van der Waals surface area contributed by atoms with Gasteiger partial charge in [-0.25, -0.2) is 0 Å². The molecular formula is C13H19Cl2N3O. The summed E-state index contributed by atoms with van der Waals surface area (Å²) in [6, 6.07) is 4.03. The van der Waals surface area contributed by atoms with E-state index >= 15 is 0 Å². The minimum absolute atomic E-state index is 0. The summed E-state index contributed by atoms with van der Waals surface area (Å²) in [5, 5.41) is 6.88. The predicted octanol–water partition coefficient (Wildman–Crippen LogP) is 2.16. The van der Waals surface area contributed by atoms with Crippen LogP contribution in [0.2, 0.25) is 5.02 Å². The van der Waals surface area contributed by atoms with Crippen LogP contribution in [-0.2, 0) is 11.3 Å². The smallest absolute Gasteiger partial charge is 0.223 e. The molecule has 1 aromatic rings. The van der Waals surface area contributed by atoms with E-state index in [0.717, 1.165) is 25.1 Å². The number of rotatable bonds is 3. The van der Waals surface area contributed by atoms with Gasteiger partial charge in [-0.2, -0.15) is 0 Å². The maximum absolute atomic E-state index is 12.0. The zero-order chi connectivity index (χ0) is 13.0. The van der Waals surface area contributed by atoms with E-state index < -0.39 is 0 Å². The Labute approximate surface area is 124 Å². The number of carbonyl (C=O) groups excluding carboxylic acids is 1. The monoisotopic (exact) mass is 303 g/mol. The summed E-state index contributed by atoms with van der Waals surface area (Å²) >= 11 is 5.76. The first-order chi connectivity index (χ1) is 8.65. The van der Waals surface area contributed by atoms with Crippen LogP contribution >= 0.6 is 24.0 Å². The third kappa shape index (κ3) is 4.97. The molecule has 106 valence electrons. The summed E-state index contributed by atoms with van der Waals surface area (Å²) in [6.07, 6.45) is 3.40. The molecule has 0 radical (unpaired) electrons. The van der Waals surface area contributed by atoms with Crippen molar-refractivity contribution in [3.8, 4) is 0 Å². The number of aromatic nitrogens is 1. The third-order valence-corrected chi connectivity index (χ3v) is 3.45. The van der Waals surface area contributed by atoms with Gasteiger partial charge < -0.3 is 10.6 Å². The molecule has 2 heterocycles. The van der Waals surface area contributed by atoms with Crippen LogP contribution < -0.4 is 10.6 Å². The fourth-order valence-electron chi connectivity index (χ4n) is 2.20. The predicted molar refractivity (Wildman–Crippen MR) is 78.5 cm³/mol. The van der Waals surface area contributed by atoms with Crippen LogP contribution in [0.25, 0.3) is 0 Å². The molecule has 6 heteroatoms. The fourth-order valence-corrected chi connectivity index (χ4v) is 2.31. The van der Waals surface area contributed by atoms with Crippen LogP contribution in [0, 0.1) is 5.92 Å². The van der Waals surface area contributed by atoms with Gasteiger partial charge >= 0.3 is 0 Å². The van der Waals surface area contributed by atoms with E-state index in [9.17, 15) is 4.79 Å². The second-order valence-corrected chi connectivity index (χ2v) is 5.20. The Morgan fingerprint density at radius 3 is 3.00 bits per heavy atom. The molecule has 0 unspecified atom stereocenters. The SMILES string of the molecule is C[C@H]1C[C@@H](C(=O)NCc2ccc(Cl)cn2)CCN1.Cl. The van der Waals surface area contributed by atoms with Crippen LogP contribution in [0.5, 0.6) is 0 Å². The highest BCUT2D eigenvalue weighted by molar-refractivity contribution is 6.30. The lowest BCUT2D eigenvalue weighted by Gasteiger charge is -2.27. The molecule has 19 heavy (non-hydrogen) atoms. The molecule has 2 N–H and O–H groups in total. The molecule has 2 atom stereocenters. The Morgan fingerprint density at radius 1 is 1.58 bits per heavy atom. The average Bonchev–Trinajstić information content (AvgIpc) is 2.38. The fraction of sp³-hybridized carbons (Fsp3) is 0.538. The Balaban J connectivity index is 0.00000180. The molecule has 1 saturated heterocycles. The van der Waals surface area contributed by atoms with Gasteiger partial charge in [-0.05, 0) is 38.4 Å². The van der Waals surface area contributed by atoms with Crippen molar-refractivity contribution in [2.75, 3.05) is 6.54 Å². The van der Waals surface area contributed by atoms with Crippen molar-refractivity contribution >= 4 is 29.9 Å². The number of amides is 1. The highest BCUT2D eigenvalue weighted by Gasteiger charge is 2.24. The molecule has 1 aromatic heterocycles. The summed E-state index contributed by atoms with van der Waals surface area (Å²) in [5.41, 5.74) is 0.828. The van der Waals surface area contributed by atoms with E-state index in [-0.39, 0.29) is 24.2 Å². The summed E-state index contributed by atoms with van der Waals surface area (Å²) in [4.78, 5) is 16.1. The van der Waals surface area contributed by atoms with E-state index in [0.29, 0.717) is 17.6 Å². The molecule has 1 amide bonds. The molecule has 0 aliphatic carbocycles. The maximum Gasteiger partial charge on any atom is 0.223 e. The van der Waals surface area contributed by atoms with Gasteiger partial charge in [-0.15, -0.1) is 12.4 Å². The normalized spacial score (nSPS) is 22.4. The van der Waals surface area contributed by atoms with Gasteiger partial charge in [0.2, 0.25) is 5.91 Å². The highest BCUT2D eigenvalue weighted by atomic mass is 35.5. The number of hydrogen-bond acceptors (Lipinski definition) is 3. The standard InChI is InChI=1S/C13H18ClN3O.ClH/c1-9-6-10(4-5-15-9)13(18)17-8-12-3-2-11(14)7-16-12;/h2-3,7,9-10,15H,4-6,8H2,1H3,(H,17,18);1H/t9-,10-;/m0./s1. The molecule has 2 rings (SSSR count). The van der Waals surface area contributed by atoms with Crippen molar-refractivity contribution in [2.24, 2.45) is 5.92 Å². The minimum atomic E-state index is 0. The zero-order valence-electron chi connectivity index (χ0n) is 10.9. The number of carbonyl (C=O) groups is 1. The maximum atomic E-state index is 12.0. The molecule has 4 nitrogen and oxygen atoms in total. The highest BCUT2D eigenvalue weighted by Crippen LogP contribution is 2.16. The number of pyridine rings is 1. The second kappa shape index (κ2) is 7.68. The van der Waals surface area contributed by atoms with Gasteiger partial charge in [0.15, 0.2) is 0 Å². The van der Waals surface area contributed by atoms with Crippen molar-refractivity contribution in [3.05, 3.63) is 29.0 Å². The number of hydrogen-bond donors (Lipinski definition) is 2. The van der Waals surface area contributed by atoms with Crippen molar-refractivity contribution in [1.82, 2.24) is 15.6 Å². The Hall–Kier alpha value is -0.840. The first-order valence-corrected chi connectivity index (χ1v) is 6.64. The third-order valence-electron chi connectivity index (χ3n) is 3.23. The van der Waals surface area contributed by atoms with Gasteiger partial charge in [0.05, 0.1) is 17.3 Å².